The monoisotopic (exact) mass is 192 g/mol. The first kappa shape index (κ1) is 11.2. The first-order valence-electron chi connectivity index (χ1n) is 5.60. The number of allylic oxidation sites excluding steroid dienone is 4. The van der Waals surface area contributed by atoms with Gasteiger partial charge in [-0.05, 0) is 36.7 Å². The minimum absolute atomic E-state index is 0.482. The summed E-state index contributed by atoms with van der Waals surface area (Å²) in [6.07, 6.45) is 12.1. The summed E-state index contributed by atoms with van der Waals surface area (Å²) in [5, 5.41) is 0. The summed E-state index contributed by atoms with van der Waals surface area (Å²) in [5.74, 6) is 1.17. The Balaban J connectivity index is 2.59. The Hall–Kier alpha value is -0.850. The van der Waals surface area contributed by atoms with Crippen LogP contribution in [-0.4, -0.2) is 6.29 Å². The molecular formula is C13H20O. The third-order valence-corrected chi connectivity index (χ3v) is 2.92. The van der Waals surface area contributed by atoms with Crippen molar-refractivity contribution in [2.75, 3.05) is 0 Å². The first-order valence-corrected chi connectivity index (χ1v) is 5.60. The first-order chi connectivity index (χ1) is 6.77. The molecule has 1 aliphatic rings. The summed E-state index contributed by atoms with van der Waals surface area (Å²) in [4.78, 5) is 10.6. The molecule has 0 N–H and O–H groups in total. The topological polar surface area (TPSA) is 17.1 Å². The van der Waals surface area contributed by atoms with Crippen LogP contribution in [0.25, 0.3) is 0 Å². The van der Waals surface area contributed by atoms with Crippen molar-refractivity contribution in [2.45, 2.75) is 39.5 Å². The molecule has 2 atom stereocenters. The highest BCUT2D eigenvalue weighted by molar-refractivity contribution is 5.73. The molecule has 0 aliphatic heterocycles. The predicted octanol–water partition coefficient (Wildman–Crippen LogP) is 3.51. The maximum Gasteiger partial charge on any atom is 0.145 e. The van der Waals surface area contributed by atoms with Crippen LogP contribution in [0.15, 0.2) is 23.8 Å². The van der Waals surface area contributed by atoms with Crippen molar-refractivity contribution >= 4 is 6.29 Å². The molecule has 0 amide bonds. The molecule has 0 aromatic rings. The highest BCUT2D eigenvalue weighted by atomic mass is 16.1. The van der Waals surface area contributed by atoms with Gasteiger partial charge in [-0.3, -0.25) is 4.79 Å². The average Bonchev–Trinajstić information content (AvgIpc) is 2.21. The van der Waals surface area contributed by atoms with E-state index in [-0.39, 0.29) is 0 Å². The maximum absolute atomic E-state index is 10.6. The van der Waals surface area contributed by atoms with E-state index in [1.54, 1.807) is 0 Å². The van der Waals surface area contributed by atoms with E-state index in [9.17, 15) is 4.79 Å². The highest BCUT2D eigenvalue weighted by Crippen LogP contribution is 2.28. The Morgan fingerprint density at radius 1 is 1.57 bits per heavy atom. The molecular weight excluding hydrogens is 172 g/mol. The molecule has 14 heavy (non-hydrogen) atoms. The lowest BCUT2D eigenvalue weighted by Gasteiger charge is -2.23. The van der Waals surface area contributed by atoms with Gasteiger partial charge in [0.15, 0.2) is 0 Å². The van der Waals surface area contributed by atoms with Crippen LogP contribution >= 0.6 is 0 Å². The second-order valence-corrected chi connectivity index (χ2v) is 4.17. The van der Waals surface area contributed by atoms with Crippen LogP contribution in [0.3, 0.4) is 0 Å². The van der Waals surface area contributed by atoms with Crippen LogP contribution < -0.4 is 0 Å². The van der Waals surface area contributed by atoms with Gasteiger partial charge >= 0.3 is 0 Å². The molecule has 0 bridgehead atoms. The Kier molecular flexibility index (Phi) is 4.64. The standard InChI is InChI=1S/C13H20O/c1-3-4-5-6-13-9-12(10-14)8-7-11(13)2/h5-6,9-11,13H,3-4,7-8H2,1-2H3. The lowest BCUT2D eigenvalue weighted by Crippen LogP contribution is -2.13. The molecule has 0 spiro atoms. The second kappa shape index (κ2) is 5.79. The average molecular weight is 192 g/mol. The minimum Gasteiger partial charge on any atom is -0.298 e. The predicted molar refractivity (Wildman–Crippen MR) is 60.1 cm³/mol. The molecule has 0 saturated heterocycles. The molecule has 0 fully saturated rings. The molecule has 78 valence electrons. The van der Waals surface area contributed by atoms with Crippen molar-refractivity contribution in [1.29, 1.82) is 0 Å². The van der Waals surface area contributed by atoms with E-state index in [0.29, 0.717) is 11.8 Å². The zero-order valence-electron chi connectivity index (χ0n) is 9.20. The van der Waals surface area contributed by atoms with Crippen molar-refractivity contribution in [2.24, 2.45) is 11.8 Å². The number of aldehydes is 1. The Bertz CT molecular complexity index is 238. The largest absolute Gasteiger partial charge is 0.298 e. The van der Waals surface area contributed by atoms with E-state index >= 15 is 0 Å². The second-order valence-electron chi connectivity index (χ2n) is 4.17. The van der Waals surface area contributed by atoms with Crippen molar-refractivity contribution in [3.63, 3.8) is 0 Å². The summed E-state index contributed by atoms with van der Waals surface area (Å²) in [7, 11) is 0. The molecule has 1 heteroatoms. The van der Waals surface area contributed by atoms with E-state index in [1.165, 1.54) is 6.42 Å². The fourth-order valence-corrected chi connectivity index (χ4v) is 1.85. The van der Waals surface area contributed by atoms with Gasteiger partial charge in [-0.15, -0.1) is 0 Å². The summed E-state index contributed by atoms with van der Waals surface area (Å²) >= 11 is 0. The van der Waals surface area contributed by atoms with Gasteiger partial charge in [0, 0.05) is 0 Å². The summed E-state index contributed by atoms with van der Waals surface area (Å²) in [5.41, 5.74) is 0.981. The lowest BCUT2D eigenvalue weighted by atomic mass is 9.82. The van der Waals surface area contributed by atoms with Gasteiger partial charge in [0.1, 0.15) is 6.29 Å². The highest BCUT2D eigenvalue weighted by Gasteiger charge is 2.18. The lowest BCUT2D eigenvalue weighted by molar-refractivity contribution is -0.105. The van der Waals surface area contributed by atoms with Crippen LogP contribution in [0.2, 0.25) is 0 Å². The molecule has 0 heterocycles. The molecule has 0 radical (unpaired) electrons. The quantitative estimate of drug-likeness (QED) is 0.492. The van der Waals surface area contributed by atoms with E-state index in [2.05, 4.69) is 32.1 Å². The molecule has 1 rings (SSSR count). The zero-order valence-corrected chi connectivity index (χ0v) is 9.20. The van der Waals surface area contributed by atoms with Gasteiger partial charge in [-0.2, -0.15) is 0 Å². The Labute approximate surface area is 86.9 Å². The molecule has 0 aromatic heterocycles. The molecule has 1 nitrogen and oxygen atoms in total. The molecule has 0 aromatic carbocycles. The van der Waals surface area contributed by atoms with Gasteiger partial charge in [-0.25, -0.2) is 0 Å². The fourth-order valence-electron chi connectivity index (χ4n) is 1.85. The molecule has 2 unspecified atom stereocenters. The van der Waals surface area contributed by atoms with Gasteiger partial charge in [0.25, 0.3) is 0 Å². The molecule has 1 aliphatic carbocycles. The Morgan fingerprint density at radius 3 is 3.00 bits per heavy atom. The summed E-state index contributed by atoms with van der Waals surface area (Å²) in [6.45, 7) is 4.44. The minimum atomic E-state index is 0.482. The van der Waals surface area contributed by atoms with Gasteiger partial charge in [0.2, 0.25) is 0 Å². The van der Waals surface area contributed by atoms with Crippen LogP contribution in [0.1, 0.15) is 39.5 Å². The van der Waals surface area contributed by atoms with Crippen LogP contribution in [0.4, 0.5) is 0 Å². The van der Waals surface area contributed by atoms with Crippen molar-refractivity contribution in [3.05, 3.63) is 23.8 Å². The third-order valence-electron chi connectivity index (χ3n) is 2.92. The summed E-state index contributed by atoms with van der Waals surface area (Å²) < 4.78 is 0. The van der Waals surface area contributed by atoms with E-state index < -0.39 is 0 Å². The number of carbonyl (C=O) groups is 1. The van der Waals surface area contributed by atoms with Gasteiger partial charge < -0.3 is 0 Å². The maximum atomic E-state index is 10.6. The number of unbranched alkanes of at least 4 members (excludes halogenated alkanes) is 1. The number of hydrogen-bond donors (Lipinski definition) is 0. The van der Waals surface area contributed by atoms with E-state index in [1.807, 2.05) is 0 Å². The van der Waals surface area contributed by atoms with Crippen molar-refractivity contribution < 1.29 is 4.79 Å². The number of carbonyl (C=O) groups excluding carboxylic acids is 1. The Morgan fingerprint density at radius 2 is 2.36 bits per heavy atom. The van der Waals surface area contributed by atoms with Crippen LogP contribution in [-0.2, 0) is 4.79 Å². The number of rotatable bonds is 4. The van der Waals surface area contributed by atoms with Crippen molar-refractivity contribution in [3.8, 4) is 0 Å². The van der Waals surface area contributed by atoms with Crippen molar-refractivity contribution in [1.82, 2.24) is 0 Å². The number of hydrogen-bond acceptors (Lipinski definition) is 1. The normalized spacial score (nSPS) is 27.7. The van der Waals surface area contributed by atoms with Gasteiger partial charge in [0.05, 0.1) is 0 Å². The van der Waals surface area contributed by atoms with Crippen LogP contribution in [0, 0.1) is 11.8 Å². The van der Waals surface area contributed by atoms with E-state index in [0.717, 1.165) is 31.1 Å². The summed E-state index contributed by atoms with van der Waals surface area (Å²) in [6, 6.07) is 0. The van der Waals surface area contributed by atoms with Gasteiger partial charge in [-0.1, -0.05) is 38.5 Å². The van der Waals surface area contributed by atoms with Crippen LogP contribution in [0.5, 0.6) is 0 Å². The van der Waals surface area contributed by atoms with E-state index in [4.69, 9.17) is 0 Å². The zero-order chi connectivity index (χ0) is 10.4. The SMILES string of the molecule is CCCC=CC1C=C(C=O)CCC1C. The third kappa shape index (κ3) is 3.13. The fraction of sp³-hybridized carbons (Fsp3) is 0.615. The molecule has 0 saturated carbocycles. The smallest absolute Gasteiger partial charge is 0.145 e.